The largest absolute Gasteiger partial charge is 0.479 e. The van der Waals surface area contributed by atoms with E-state index >= 15 is 0 Å². The number of fused-ring (bicyclic) bond motifs is 1. The van der Waals surface area contributed by atoms with Gasteiger partial charge in [-0.05, 0) is 43.2 Å². The van der Waals surface area contributed by atoms with E-state index in [0.717, 1.165) is 5.56 Å². The van der Waals surface area contributed by atoms with Crippen LogP contribution in [0.15, 0.2) is 42.5 Å². The van der Waals surface area contributed by atoms with Crippen LogP contribution in [0.3, 0.4) is 0 Å². The standard InChI is InChI=1S/C18H17FN2O3/c1-11-17(22)21-15-10-12(6-7-16(15)24-11)8-9-20-18(23)13-4-2-3-5-14(13)19/h2-7,10-11H,8-9H2,1H3,(H,20,23)(H,21,22). The van der Waals surface area contributed by atoms with Gasteiger partial charge in [-0.2, -0.15) is 0 Å². The number of anilines is 1. The fraction of sp³-hybridized carbons (Fsp3) is 0.222. The van der Waals surface area contributed by atoms with Gasteiger partial charge in [0.1, 0.15) is 11.6 Å². The molecule has 0 saturated carbocycles. The zero-order valence-electron chi connectivity index (χ0n) is 13.1. The molecule has 2 N–H and O–H groups in total. The lowest BCUT2D eigenvalue weighted by Crippen LogP contribution is -2.34. The van der Waals surface area contributed by atoms with Crippen molar-refractivity contribution in [1.82, 2.24) is 5.32 Å². The molecule has 1 heterocycles. The molecule has 0 aromatic heterocycles. The van der Waals surface area contributed by atoms with Crippen LogP contribution in [0.2, 0.25) is 0 Å². The predicted octanol–water partition coefficient (Wildman–Crippen LogP) is 2.52. The molecule has 0 saturated heterocycles. The van der Waals surface area contributed by atoms with Gasteiger partial charge in [-0.25, -0.2) is 4.39 Å². The van der Waals surface area contributed by atoms with Gasteiger partial charge in [-0.1, -0.05) is 18.2 Å². The fourth-order valence-electron chi connectivity index (χ4n) is 2.47. The highest BCUT2D eigenvalue weighted by Crippen LogP contribution is 2.30. The number of nitrogens with one attached hydrogen (secondary N) is 2. The van der Waals surface area contributed by atoms with Gasteiger partial charge in [-0.3, -0.25) is 9.59 Å². The summed E-state index contributed by atoms with van der Waals surface area (Å²) in [6, 6.07) is 11.3. The third-order valence-corrected chi connectivity index (χ3v) is 3.79. The smallest absolute Gasteiger partial charge is 0.265 e. The Morgan fingerprint density at radius 1 is 1.29 bits per heavy atom. The van der Waals surface area contributed by atoms with Crippen LogP contribution in [-0.4, -0.2) is 24.5 Å². The average Bonchev–Trinajstić information content (AvgIpc) is 2.56. The minimum Gasteiger partial charge on any atom is -0.479 e. The number of carbonyl (C=O) groups is 2. The van der Waals surface area contributed by atoms with Crippen LogP contribution in [0.1, 0.15) is 22.8 Å². The van der Waals surface area contributed by atoms with Crippen LogP contribution in [-0.2, 0) is 11.2 Å². The van der Waals surface area contributed by atoms with E-state index in [1.54, 1.807) is 19.1 Å². The molecule has 124 valence electrons. The lowest BCUT2D eigenvalue weighted by Gasteiger charge is -2.23. The Labute approximate surface area is 138 Å². The Kier molecular flexibility index (Phi) is 4.46. The van der Waals surface area contributed by atoms with Gasteiger partial charge in [0, 0.05) is 6.54 Å². The minimum absolute atomic E-state index is 0.0255. The van der Waals surface area contributed by atoms with E-state index in [1.807, 2.05) is 12.1 Å². The average molecular weight is 328 g/mol. The number of hydrogen-bond donors (Lipinski definition) is 2. The predicted molar refractivity (Wildman–Crippen MR) is 87.6 cm³/mol. The fourth-order valence-corrected chi connectivity index (χ4v) is 2.47. The molecule has 0 fully saturated rings. The highest BCUT2D eigenvalue weighted by molar-refractivity contribution is 5.97. The summed E-state index contributed by atoms with van der Waals surface area (Å²) in [5, 5.41) is 5.47. The van der Waals surface area contributed by atoms with Crippen molar-refractivity contribution in [3.05, 3.63) is 59.4 Å². The number of ether oxygens (including phenoxy) is 1. The summed E-state index contributed by atoms with van der Waals surface area (Å²) in [6.07, 6.45) is 0.0437. The molecule has 0 bridgehead atoms. The van der Waals surface area contributed by atoms with Gasteiger partial charge >= 0.3 is 0 Å². The Morgan fingerprint density at radius 3 is 2.88 bits per heavy atom. The molecule has 6 heteroatoms. The second kappa shape index (κ2) is 6.70. The lowest BCUT2D eigenvalue weighted by molar-refractivity contribution is -0.122. The molecule has 3 rings (SSSR count). The van der Waals surface area contributed by atoms with Crippen molar-refractivity contribution in [3.8, 4) is 5.75 Å². The summed E-state index contributed by atoms with van der Waals surface area (Å²) in [5.74, 6) is -0.553. The second-order valence-corrected chi connectivity index (χ2v) is 5.57. The first kappa shape index (κ1) is 16.0. The van der Waals surface area contributed by atoms with Crippen molar-refractivity contribution in [2.45, 2.75) is 19.4 Å². The van der Waals surface area contributed by atoms with Gasteiger partial charge < -0.3 is 15.4 Å². The van der Waals surface area contributed by atoms with Crippen LogP contribution in [0.25, 0.3) is 0 Å². The Hall–Kier alpha value is -2.89. The topological polar surface area (TPSA) is 67.4 Å². The third kappa shape index (κ3) is 3.37. The molecule has 5 nitrogen and oxygen atoms in total. The zero-order valence-corrected chi connectivity index (χ0v) is 13.1. The molecular formula is C18H17FN2O3. The van der Waals surface area contributed by atoms with Crippen LogP contribution < -0.4 is 15.4 Å². The van der Waals surface area contributed by atoms with Gasteiger partial charge in [0.25, 0.3) is 11.8 Å². The number of rotatable bonds is 4. The Morgan fingerprint density at radius 2 is 2.08 bits per heavy atom. The second-order valence-electron chi connectivity index (χ2n) is 5.57. The first-order valence-electron chi connectivity index (χ1n) is 7.68. The van der Waals surface area contributed by atoms with Crippen LogP contribution in [0.4, 0.5) is 10.1 Å². The molecule has 1 unspecified atom stereocenters. The molecule has 24 heavy (non-hydrogen) atoms. The Balaban J connectivity index is 1.60. The zero-order chi connectivity index (χ0) is 17.1. The molecule has 1 aliphatic rings. The molecule has 0 aliphatic carbocycles. The van der Waals surface area contributed by atoms with Crippen molar-refractivity contribution in [3.63, 3.8) is 0 Å². The van der Waals surface area contributed by atoms with Gasteiger partial charge in [0.15, 0.2) is 6.10 Å². The van der Waals surface area contributed by atoms with Crippen LogP contribution in [0.5, 0.6) is 5.75 Å². The molecule has 0 spiro atoms. The van der Waals surface area contributed by atoms with Gasteiger partial charge in [0.2, 0.25) is 0 Å². The normalized spacial score (nSPS) is 15.9. The molecular weight excluding hydrogens is 311 g/mol. The van der Waals surface area contributed by atoms with Crippen molar-refractivity contribution in [2.75, 3.05) is 11.9 Å². The number of hydrogen-bond acceptors (Lipinski definition) is 3. The summed E-state index contributed by atoms with van der Waals surface area (Å²) >= 11 is 0. The van der Waals surface area contributed by atoms with E-state index < -0.39 is 17.8 Å². The first-order valence-corrected chi connectivity index (χ1v) is 7.68. The van der Waals surface area contributed by atoms with Gasteiger partial charge in [-0.15, -0.1) is 0 Å². The SMILES string of the molecule is CC1Oc2ccc(CCNC(=O)c3ccccc3F)cc2NC1=O. The van der Waals surface area contributed by atoms with Crippen molar-refractivity contribution >= 4 is 17.5 Å². The van der Waals surface area contributed by atoms with Gasteiger partial charge in [0.05, 0.1) is 11.3 Å². The van der Waals surface area contributed by atoms with E-state index in [9.17, 15) is 14.0 Å². The lowest BCUT2D eigenvalue weighted by atomic mass is 10.1. The van der Waals surface area contributed by atoms with Crippen molar-refractivity contribution in [2.24, 2.45) is 0 Å². The molecule has 2 aromatic carbocycles. The van der Waals surface area contributed by atoms with E-state index in [2.05, 4.69) is 10.6 Å². The van der Waals surface area contributed by atoms with Crippen LogP contribution in [0, 0.1) is 5.82 Å². The number of amides is 2. The monoisotopic (exact) mass is 328 g/mol. The molecule has 1 atom stereocenters. The van der Waals surface area contributed by atoms with E-state index in [1.165, 1.54) is 18.2 Å². The molecule has 0 radical (unpaired) electrons. The maximum Gasteiger partial charge on any atom is 0.265 e. The van der Waals surface area contributed by atoms with Crippen LogP contribution >= 0.6 is 0 Å². The van der Waals surface area contributed by atoms with E-state index in [4.69, 9.17) is 4.74 Å². The van der Waals surface area contributed by atoms with E-state index in [-0.39, 0.29) is 11.5 Å². The number of benzene rings is 2. The maximum absolute atomic E-state index is 13.5. The minimum atomic E-state index is -0.544. The van der Waals surface area contributed by atoms with Crippen molar-refractivity contribution in [1.29, 1.82) is 0 Å². The summed E-state index contributed by atoms with van der Waals surface area (Å²) in [5.41, 5.74) is 1.58. The quantitative estimate of drug-likeness (QED) is 0.906. The van der Waals surface area contributed by atoms with E-state index in [0.29, 0.717) is 24.4 Å². The summed E-state index contributed by atoms with van der Waals surface area (Å²) in [7, 11) is 0. The summed E-state index contributed by atoms with van der Waals surface area (Å²) < 4.78 is 19.0. The highest BCUT2D eigenvalue weighted by Gasteiger charge is 2.23. The highest BCUT2D eigenvalue weighted by atomic mass is 19.1. The maximum atomic E-state index is 13.5. The first-order chi connectivity index (χ1) is 11.5. The summed E-state index contributed by atoms with van der Waals surface area (Å²) in [4.78, 5) is 23.6. The van der Waals surface area contributed by atoms with Crippen molar-refractivity contribution < 1.29 is 18.7 Å². The molecule has 2 amide bonds. The summed E-state index contributed by atoms with van der Waals surface area (Å²) in [6.45, 7) is 2.04. The number of carbonyl (C=O) groups excluding carboxylic acids is 2. The number of halogens is 1. The third-order valence-electron chi connectivity index (χ3n) is 3.79. The molecule has 1 aliphatic heterocycles. The molecule has 2 aromatic rings. The Bertz CT molecular complexity index is 792.